The van der Waals surface area contributed by atoms with E-state index in [0.29, 0.717) is 31.3 Å². The molecular weight excluding hydrogens is 384 g/mol. The number of benzene rings is 1. The van der Waals surface area contributed by atoms with Crippen molar-refractivity contribution in [1.29, 1.82) is 0 Å². The van der Waals surface area contributed by atoms with E-state index >= 15 is 0 Å². The van der Waals surface area contributed by atoms with Gasteiger partial charge in [0.2, 0.25) is 5.95 Å². The van der Waals surface area contributed by atoms with Crippen molar-refractivity contribution in [2.75, 3.05) is 30.8 Å². The lowest BCUT2D eigenvalue weighted by Crippen LogP contribution is -2.53. The number of piperazine rings is 1. The van der Waals surface area contributed by atoms with Crippen molar-refractivity contribution in [2.45, 2.75) is 24.5 Å². The molecule has 0 aliphatic carbocycles. The van der Waals surface area contributed by atoms with Gasteiger partial charge in [-0.15, -0.1) is 0 Å². The fourth-order valence-electron chi connectivity index (χ4n) is 2.96. The van der Waals surface area contributed by atoms with Crippen LogP contribution in [0.4, 0.5) is 10.7 Å². The fraction of sp³-hybridized carbons (Fsp3) is 0.389. The van der Waals surface area contributed by atoms with Crippen LogP contribution in [0.1, 0.15) is 12.5 Å². The summed E-state index contributed by atoms with van der Waals surface area (Å²) in [5, 5.41) is 9.09. The topological polar surface area (TPSA) is 113 Å². The number of ether oxygens (including phenoxy) is 1. The monoisotopic (exact) mass is 406 g/mol. The molecule has 1 unspecified atom stereocenters. The number of aromatic nitrogens is 2. The highest BCUT2D eigenvalue weighted by atomic mass is 32.2. The predicted octanol–water partition coefficient (Wildman–Crippen LogP) is 1.65. The summed E-state index contributed by atoms with van der Waals surface area (Å²) in [4.78, 5) is 23.3. The van der Waals surface area contributed by atoms with E-state index in [4.69, 9.17) is 9.84 Å². The van der Waals surface area contributed by atoms with Gasteiger partial charge in [0.15, 0.2) is 15.6 Å². The lowest BCUT2D eigenvalue weighted by molar-refractivity contribution is 0.136. The van der Waals surface area contributed by atoms with Crippen LogP contribution < -0.4 is 9.64 Å². The molecule has 0 bridgehead atoms. The highest BCUT2D eigenvalue weighted by Gasteiger charge is 2.27. The van der Waals surface area contributed by atoms with Gasteiger partial charge >= 0.3 is 6.09 Å². The zero-order valence-corrected chi connectivity index (χ0v) is 16.5. The van der Waals surface area contributed by atoms with Gasteiger partial charge < -0.3 is 19.6 Å². The number of anilines is 1. The van der Waals surface area contributed by atoms with Crippen molar-refractivity contribution < 1.29 is 23.1 Å². The lowest BCUT2D eigenvalue weighted by Gasteiger charge is -2.38. The van der Waals surface area contributed by atoms with E-state index in [0.717, 1.165) is 5.56 Å². The van der Waals surface area contributed by atoms with E-state index in [-0.39, 0.29) is 17.5 Å². The number of sulfone groups is 1. The maximum atomic E-state index is 11.5. The number of amides is 1. The lowest BCUT2D eigenvalue weighted by atomic mass is 10.2. The summed E-state index contributed by atoms with van der Waals surface area (Å²) in [6.45, 7) is 3.54. The molecule has 0 radical (unpaired) electrons. The number of hydrogen-bond acceptors (Lipinski definition) is 7. The number of rotatable bonds is 5. The first-order chi connectivity index (χ1) is 13.2. The van der Waals surface area contributed by atoms with Crippen LogP contribution in [-0.2, 0) is 16.4 Å². The maximum Gasteiger partial charge on any atom is 0.407 e. The number of hydrogen-bond donors (Lipinski definition) is 1. The molecule has 2 heterocycles. The molecule has 150 valence electrons. The Morgan fingerprint density at radius 1 is 1.21 bits per heavy atom. The maximum absolute atomic E-state index is 11.5. The Morgan fingerprint density at radius 2 is 1.86 bits per heavy atom. The molecule has 1 aliphatic heterocycles. The van der Waals surface area contributed by atoms with Gasteiger partial charge in [-0.25, -0.2) is 23.2 Å². The second-order valence-electron chi connectivity index (χ2n) is 6.69. The summed E-state index contributed by atoms with van der Waals surface area (Å²) in [6.07, 6.45) is 3.40. The third-order valence-electron chi connectivity index (χ3n) is 4.53. The molecule has 1 amide bonds. The summed E-state index contributed by atoms with van der Waals surface area (Å²) < 4.78 is 28.6. The van der Waals surface area contributed by atoms with Crippen LogP contribution in [0.3, 0.4) is 0 Å². The van der Waals surface area contributed by atoms with Crippen LogP contribution >= 0.6 is 0 Å². The van der Waals surface area contributed by atoms with Crippen molar-refractivity contribution >= 4 is 21.9 Å². The van der Waals surface area contributed by atoms with Crippen LogP contribution in [0.15, 0.2) is 41.6 Å². The molecule has 1 aliphatic rings. The molecule has 9 nitrogen and oxygen atoms in total. The first kappa shape index (κ1) is 19.9. The summed E-state index contributed by atoms with van der Waals surface area (Å²) in [5.41, 5.74) is 0.829. The van der Waals surface area contributed by atoms with Crippen LogP contribution in [0, 0.1) is 0 Å². The predicted molar refractivity (Wildman–Crippen MR) is 102 cm³/mol. The van der Waals surface area contributed by atoms with Crippen molar-refractivity contribution in [3.8, 4) is 5.75 Å². The van der Waals surface area contributed by atoms with Crippen LogP contribution in [-0.4, -0.2) is 66.4 Å². The zero-order valence-electron chi connectivity index (χ0n) is 15.6. The average Bonchev–Trinajstić information content (AvgIpc) is 2.66. The number of carboxylic acid groups (broad SMARTS) is 1. The van der Waals surface area contributed by atoms with Gasteiger partial charge in [0.25, 0.3) is 0 Å². The third-order valence-corrected chi connectivity index (χ3v) is 5.65. The molecule has 1 atom stereocenters. The quantitative estimate of drug-likeness (QED) is 0.797. The minimum Gasteiger partial charge on any atom is -0.486 e. The smallest absolute Gasteiger partial charge is 0.407 e. The van der Waals surface area contributed by atoms with Gasteiger partial charge in [-0.2, -0.15) is 0 Å². The zero-order chi connectivity index (χ0) is 20.3. The van der Waals surface area contributed by atoms with Gasteiger partial charge in [-0.1, -0.05) is 12.1 Å². The molecule has 1 aromatic carbocycles. The molecule has 1 saturated heterocycles. The van der Waals surface area contributed by atoms with Crippen LogP contribution in [0.25, 0.3) is 0 Å². The minimum atomic E-state index is -3.22. The van der Waals surface area contributed by atoms with Crippen molar-refractivity contribution in [3.05, 3.63) is 42.2 Å². The molecule has 1 aromatic heterocycles. The first-order valence-electron chi connectivity index (χ1n) is 8.72. The summed E-state index contributed by atoms with van der Waals surface area (Å²) in [6, 6.07) is 6.48. The average molecular weight is 406 g/mol. The van der Waals surface area contributed by atoms with E-state index in [1.165, 1.54) is 11.2 Å². The van der Waals surface area contributed by atoms with E-state index in [1.807, 2.05) is 11.8 Å². The molecule has 0 spiro atoms. The Balaban J connectivity index is 1.58. The highest BCUT2D eigenvalue weighted by molar-refractivity contribution is 7.90. The summed E-state index contributed by atoms with van der Waals surface area (Å²) in [7, 11) is -3.22. The fourth-order valence-corrected chi connectivity index (χ4v) is 3.59. The van der Waals surface area contributed by atoms with Crippen LogP contribution in [0.5, 0.6) is 5.75 Å². The number of nitrogens with zero attached hydrogens (tertiary/aromatic N) is 4. The Morgan fingerprint density at radius 3 is 2.39 bits per heavy atom. The SMILES string of the molecule is CC1CN(C(=O)O)CCN1c1ncc(OCc2ccc(S(C)(=O)=O)cc2)cn1. The second kappa shape index (κ2) is 8.01. The summed E-state index contributed by atoms with van der Waals surface area (Å²) in [5.74, 6) is 1.02. The Bertz CT molecular complexity index is 931. The molecule has 2 aromatic rings. The molecule has 10 heteroatoms. The summed E-state index contributed by atoms with van der Waals surface area (Å²) >= 11 is 0. The van der Waals surface area contributed by atoms with E-state index < -0.39 is 15.9 Å². The van der Waals surface area contributed by atoms with Crippen molar-refractivity contribution in [1.82, 2.24) is 14.9 Å². The molecular formula is C18H22N4O5S. The van der Waals surface area contributed by atoms with E-state index in [9.17, 15) is 13.2 Å². The highest BCUT2D eigenvalue weighted by Crippen LogP contribution is 2.19. The largest absolute Gasteiger partial charge is 0.486 e. The van der Waals surface area contributed by atoms with Gasteiger partial charge in [-0.05, 0) is 24.6 Å². The molecule has 1 fully saturated rings. The minimum absolute atomic E-state index is 0.0232. The Kier molecular flexibility index (Phi) is 5.68. The molecule has 28 heavy (non-hydrogen) atoms. The Labute approximate surface area is 163 Å². The normalized spacial score (nSPS) is 17.4. The number of carbonyl (C=O) groups is 1. The van der Waals surface area contributed by atoms with Crippen molar-refractivity contribution in [2.24, 2.45) is 0 Å². The van der Waals surface area contributed by atoms with Gasteiger partial charge in [0, 0.05) is 31.9 Å². The van der Waals surface area contributed by atoms with Gasteiger partial charge in [-0.3, -0.25) is 0 Å². The van der Waals surface area contributed by atoms with E-state index in [1.54, 1.807) is 36.7 Å². The first-order valence-corrected chi connectivity index (χ1v) is 10.6. The molecule has 0 saturated carbocycles. The van der Waals surface area contributed by atoms with Crippen LogP contribution in [0.2, 0.25) is 0 Å². The molecule has 1 N–H and O–H groups in total. The Hall–Kier alpha value is -2.88. The standard InChI is InChI=1S/C18H22N4O5S/c1-13-11-21(18(23)24)7-8-22(13)17-19-9-15(10-20-17)27-12-14-3-5-16(6-4-14)28(2,25)26/h3-6,9-10,13H,7-8,11-12H2,1-2H3,(H,23,24). The van der Waals surface area contributed by atoms with Gasteiger partial charge in [0.05, 0.1) is 17.3 Å². The third kappa shape index (κ3) is 4.69. The van der Waals surface area contributed by atoms with Crippen molar-refractivity contribution in [3.63, 3.8) is 0 Å². The van der Waals surface area contributed by atoms with Gasteiger partial charge in [0.1, 0.15) is 6.61 Å². The molecule has 3 rings (SSSR count). The van der Waals surface area contributed by atoms with E-state index in [2.05, 4.69) is 9.97 Å². The second-order valence-corrected chi connectivity index (χ2v) is 8.71.